The summed E-state index contributed by atoms with van der Waals surface area (Å²) in [7, 11) is -4.11. The van der Waals surface area contributed by atoms with Crippen LogP contribution in [0.1, 0.15) is 44.1 Å². The molecule has 0 N–H and O–H groups in total. The van der Waals surface area contributed by atoms with Gasteiger partial charge in [0.25, 0.3) is 10.0 Å². The van der Waals surface area contributed by atoms with E-state index in [4.69, 9.17) is 11.2 Å². The van der Waals surface area contributed by atoms with E-state index in [-0.39, 0.29) is 10.6 Å². The fraction of sp³-hybridized carbons (Fsp3) is 0.450. The van der Waals surface area contributed by atoms with E-state index in [1.807, 2.05) is 6.92 Å². The highest BCUT2D eigenvalue weighted by atomic mass is 32.2. The maximum atomic E-state index is 12.9. The van der Waals surface area contributed by atoms with E-state index in [1.165, 1.54) is 25.0 Å². The first-order valence-corrected chi connectivity index (χ1v) is 10.3. The van der Waals surface area contributed by atoms with Crippen molar-refractivity contribution in [3.63, 3.8) is 0 Å². The van der Waals surface area contributed by atoms with Gasteiger partial charge in [-0.15, -0.1) is 6.42 Å². The third-order valence-electron chi connectivity index (χ3n) is 5.31. The number of rotatable bonds is 5. The summed E-state index contributed by atoms with van der Waals surface area (Å²) in [4.78, 5) is 12.4. The summed E-state index contributed by atoms with van der Waals surface area (Å²) in [5, 5.41) is 0. The first-order valence-electron chi connectivity index (χ1n) is 8.82. The molecule has 0 spiro atoms. The van der Waals surface area contributed by atoms with E-state index in [1.54, 1.807) is 12.1 Å². The number of carbonyl (C=O) groups is 1. The van der Waals surface area contributed by atoms with E-state index >= 15 is 0 Å². The second-order valence-corrected chi connectivity index (χ2v) is 8.84. The average molecular weight is 373 g/mol. The Morgan fingerprint density at radius 2 is 1.92 bits per heavy atom. The van der Waals surface area contributed by atoms with Gasteiger partial charge in [-0.3, -0.25) is 0 Å². The van der Waals surface area contributed by atoms with Gasteiger partial charge in [-0.1, -0.05) is 55.9 Å². The summed E-state index contributed by atoms with van der Waals surface area (Å²) in [6, 6.07) is 6.26. The van der Waals surface area contributed by atoms with Crippen LogP contribution in [0.25, 0.3) is 0 Å². The van der Waals surface area contributed by atoms with Crippen molar-refractivity contribution < 1.29 is 17.9 Å². The number of carbonyl (C=O) groups excluding carboxylic acids is 1. The Balaban J connectivity index is 1.87. The minimum absolute atomic E-state index is 0.00331. The molecule has 138 valence electrons. The number of aryl methyl sites for hydroxylation is 1. The van der Waals surface area contributed by atoms with Gasteiger partial charge in [0.2, 0.25) is 5.60 Å². The molecule has 1 aromatic carbocycles. The van der Waals surface area contributed by atoms with E-state index in [9.17, 15) is 13.2 Å². The van der Waals surface area contributed by atoms with Crippen LogP contribution in [0.2, 0.25) is 0 Å². The lowest BCUT2D eigenvalue weighted by Crippen LogP contribution is -2.33. The molecule has 2 fully saturated rings. The van der Waals surface area contributed by atoms with Crippen molar-refractivity contribution in [2.24, 2.45) is 5.92 Å². The zero-order valence-corrected chi connectivity index (χ0v) is 15.7. The summed E-state index contributed by atoms with van der Waals surface area (Å²) < 4.78 is 31.9. The lowest BCUT2D eigenvalue weighted by molar-refractivity contribution is 0.0975. The predicted octanol–water partition coefficient (Wildman–Crippen LogP) is 3.99. The van der Waals surface area contributed by atoms with Crippen molar-refractivity contribution in [2.75, 3.05) is 0 Å². The number of sulfonamides is 1. The van der Waals surface area contributed by atoms with Crippen LogP contribution in [-0.2, 0) is 14.8 Å². The molecule has 0 bridgehead atoms. The van der Waals surface area contributed by atoms with Crippen molar-refractivity contribution in [3.8, 4) is 12.3 Å². The van der Waals surface area contributed by atoms with Crippen LogP contribution in [0.3, 0.4) is 0 Å². The molecule has 1 heterocycles. The predicted molar refractivity (Wildman–Crippen MR) is 98.6 cm³/mol. The van der Waals surface area contributed by atoms with Crippen LogP contribution in [0.5, 0.6) is 0 Å². The zero-order chi connectivity index (χ0) is 18.9. The smallest absolute Gasteiger partial charge is 0.423 e. The summed E-state index contributed by atoms with van der Waals surface area (Å²) in [5.41, 5.74) is -0.470. The monoisotopic (exact) mass is 373 g/mol. The molecule has 0 aromatic heterocycles. The molecule has 1 aromatic rings. The van der Waals surface area contributed by atoms with Gasteiger partial charge < -0.3 is 4.74 Å². The molecule has 1 saturated heterocycles. The van der Waals surface area contributed by atoms with Crippen LogP contribution >= 0.6 is 0 Å². The molecule has 1 atom stereocenters. The average Bonchev–Trinajstić information content (AvgIpc) is 3.20. The van der Waals surface area contributed by atoms with Crippen molar-refractivity contribution in [2.45, 2.75) is 55.9 Å². The third-order valence-corrected chi connectivity index (χ3v) is 7.03. The minimum atomic E-state index is -4.11. The van der Waals surface area contributed by atoms with Gasteiger partial charge >= 0.3 is 6.09 Å². The van der Waals surface area contributed by atoms with Gasteiger partial charge in [0, 0.05) is 6.42 Å². The molecule has 1 saturated carbocycles. The lowest BCUT2D eigenvalue weighted by Gasteiger charge is -2.24. The van der Waals surface area contributed by atoms with E-state index in [0.29, 0.717) is 16.6 Å². The van der Waals surface area contributed by atoms with Crippen molar-refractivity contribution >= 4 is 16.1 Å². The molecular formula is C20H23NO4S. The van der Waals surface area contributed by atoms with Gasteiger partial charge in [0.1, 0.15) is 0 Å². The Labute approximate surface area is 155 Å². The Hall–Kier alpha value is -2.26. The summed E-state index contributed by atoms with van der Waals surface area (Å²) in [5.74, 6) is 3.03. The van der Waals surface area contributed by atoms with Crippen LogP contribution in [0, 0.1) is 25.2 Å². The second kappa shape index (κ2) is 6.81. The Kier molecular flexibility index (Phi) is 4.85. The molecule has 0 radical (unpaired) electrons. The molecule has 3 rings (SSSR count). The van der Waals surface area contributed by atoms with Gasteiger partial charge in [-0.05, 0) is 31.4 Å². The highest BCUT2D eigenvalue weighted by Gasteiger charge is 2.53. The van der Waals surface area contributed by atoms with E-state index in [0.717, 1.165) is 24.8 Å². The second-order valence-electron chi connectivity index (χ2n) is 7.06. The molecule has 1 amide bonds. The molecule has 1 unspecified atom stereocenters. The number of benzene rings is 1. The summed E-state index contributed by atoms with van der Waals surface area (Å²) in [6.07, 6.45) is 10.5. The molecule has 6 heteroatoms. The Morgan fingerprint density at radius 1 is 1.31 bits per heavy atom. The third kappa shape index (κ3) is 3.12. The largest absolute Gasteiger partial charge is 0.430 e. The maximum Gasteiger partial charge on any atom is 0.430 e. The first-order chi connectivity index (χ1) is 12.3. The number of hydrogen-bond acceptors (Lipinski definition) is 4. The lowest BCUT2D eigenvalue weighted by atomic mass is 9.90. The van der Waals surface area contributed by atoms with Crippen LogP contribution in [0.4, 0.5) is 4.79 Å². The summed E-state index contributed by atoms with van der Waals surface area (Å²) >= 11 is 0. The topological polar surface area (TPSA) is 63.7 Å². The van der Waals surface area contributed by atoms with Crippen molar-refractivity contribution in [3.05, 3.63) is 42.1 Å². The molecule has 26 heavy (non-hydrogen) atoms. The molecule has 1 aliphatic carbocycles. The van der Waals surface area contributed by atoms with Crippen LogP contribution in [0.15, 0.2) is 41.4 Å². The number of ether oxygens (including phenoxy) is 1. The van der Waals surface area contributed by atoms with Gasteiger partial charge in [0.05, 0.1) is 10.6 Å². The van der Waals surface area contributed by atoms with Crippen molar-refractivity contribution in [1.29, 1.82) is 0 Å². The molecule has 2 aliphatic rings. The number of cyclic esters (lactones) is 1. The highest BCUT2D eigenvalue weighted by Crippen LogP contribution is 2.41. The highest BCUT2D eigenvalue weighted by molar-refractivity contribution is 7.89. The maximum absolute atomic E-state index is 12.9. The number of amides is 1. The van der Waals surface area contributed by atoms with Crippen LogP contribution < -0.4 is 0 Å². The van der Waals surface area contributed by atoms with Crippen molar-refractivity contribution in [1.82, 2.24) is 4.31 Å². The quantitative estimate of drug-likeness (QED) is 0.732. The fourth-order valence-corrected chi connectivity index (χ4v) is 5.03. The molecular weight excluding hydrogens is 350 g/mol. The zero-order valence-electron chi connectivity index (χ0n) is 14.9. The van der Waals surface area contributed by atoms with Crippen LogP contribution in [-0.4, -0.2) is 24.4 Å². The fourth-order valence-electron chi connectivity index (χ4n) is 3.67. The number of nitrogens with zero attached hydrogens (tertiary/aromatic N) is 1. The Morgan fingerprint density at radius 3 is 2.50 bits per heavy atom. The normalized spacial score (nSPS) is 23.9. The van der Waals surface area contributed by atoms with Gasteiger partial charge in [0.15, 0.2) is 0 Å². The Bertz CT molecular complexity index is 860. The first kappa shape index (κ1) is 18.5. The van der Waals surface area contributed by atoms with Gasteiger partial charge in [-0.25, -0.2) is 13.2 Å². The minimum Gasteiger partial charge on any atom is -0.423 e. The molecule has 1 aliphatic heterocycles. The standard InChI is InChI=1S/C20H23NO4S/c1-4-20(14-13-17-7-5-6-8-17)16(3)21(19(22)25-20)26(23,24)18-11-9-15(2)10-12-18/h1,9-12,17H,3,5-8,13-14H2,2H3. The number of hydrogen-bond donors (Lipinski definition) is 0. The van der Waals surface area contributed by atoms with E-state index < -0.39 is 21.7 Å². The molecule has 5 nitrogen and oxygen atoms in total. The number of terminal acetylenes is 1. The SMILES string of the molecule is C#CC1(CCC2CCCC2)OC(=O)N(S(=O)(=O)c2ccc(C)cc2)C1=C. The summed E-state index contributed by atoms with van der Waals surface area (Å²) in [6.45, 7) is 5.68. The van der Waals surface area contributed by atoms with Gasteiger partial charge in [-0.2, -0.15) is 4.31 Å². The van der Waals surface area contributed by atoms with E-state index in [2.05, 4.69) is 12.5 Å².